The predicted octanol–water partition coefficient (Wildman–Crippen LogP) is 4.79. The number of fused-ring (bicyclic) bond motifs is 3. The van der Waals surface area contributed by atoms with Crippen LogP contribution in [0.1, 0.15) is 51.6 Å². The Morgan fingerprint density at radius 1 is 1.00 bits per heavy atom. The van der Waals surface area contributed by atoms with E-state index in [4.69, 9.17) is 0 Å². The third kappa shape index (κ3) is 2.23. The highest BCUT2D eigenvalue weighted by Gasteiger charge is 2.37. The van der Waals surface area contributed by atoms with E-state index < -0.39 is 0 Å². The van der Waals surface area contributed by atoms with Crippen molar-refractivity contribution in [2.24, 2.45) is 0 Å². The Labute approximate surface area is 154 Å². The van der Waals surface area contributed by atoms with Crippen LogP contribution in [0, 0.1) is 13.8 Å². The van der Waals surface area contributed by atoms with Crippen LogP contribution in [0.25, 0.3) is 10.9 Å². The number of benzene rings is 2. The van der Waals surface area contributed by atoms with Gasteiger partial charge in [0.1, 0.15) is 0 Å². The van der Waals surface area contributed by atoms with Crippen molar-refractivity contribution in [2.75, 3.05) is 6.54 Å². The number of aromatic nitrogens is 1. The molecule has 3 nitrogen and oxygen atoms in total. The number of amides is 1. The van der Waals surface area contributed by atoms with Crippen LogP contribution in [0.4, 0.5) is 0 Å². The summed E-state index contributed by atoms with van der Waals surface area (Å²) in [5, 5.41) is 1.40. The third-order valence-electron chi connectivity index (χ3n) is 6.09. The van der Waals surface area contributed by atoms with Gasteiger partial charge in [-0.25, -0.2) is 0 Å². The molecular formula is C23H24N2O. The van der Waals surface area contributed by atoms with E-state index in [1.165, 1.54) is 33.3 Å². The Bertz CT molecular complexity index is 1010. The zero-order valence-electron chi connectivity index (χ0n) is 15.5. The van der Waals surface area contributed by atoms with Crippen molar-refractivity contribution in [3.05, 3.63) is 70.4 Å². The summed E-state index contributed by atoms with van der Waals surface area (Å²) < 4.78 is 2.48. The molecule has 0 bridgehead atoms. The molecule has 3 heteroatoms. The fraction of sp³-hybridized carbons (Fsp3) is 0.348. The molecule has 1 atom stereocenters. The van der Waals surface area contributed by atoms with E-state index in [0.29, 0.717) is 0 Å². The molecule has 0 unspecified atom stereocenters. The highest BCUT2D eigenvalue weighted by Crippen LogP contribution is 2.43. The van der Waals surface area contributed by atoms with Crippen LogP contribution >= 0.6 is 0 Å². The molecule has 2 aliphatic rings. The number of nitrogens with zero attached hydrogens (tertiary/aromatic N) is 2. The summed E-state index contributed by atoms with van der Waals surface area (Å²) in [5.74, 6) is 0.176. The van der Waals surface area contributed by atoms with Crippen molar-refractivity contribution in [3.63, 3.8) is 0 Å². The number of aryl methyl sites for hydroxylation is 3. The second-order valence-electron chi connectivity index (χ2n) is 7.81. The average molecular weight is 344 g/mol. The highest BCUT2D eigenvalue weighted by atomic mass is 16.2. The van der Waals surface area contributed by atoms with Gasteiger partial charge >= 0.3 is 0 Å². The first-order valence-corrected chi connectivity index (χ1v) is 9.63. The van der Waals surface area contributed by atoms with E-state index in [1.54, 1.807) is 0 Å². The summed E-state index contributed by atoms with van der Waals surface area (Å²) in [7, 11) is 0. The molecule has 5 rings (SSSR count). The van der Waals surface area contributed by atoms with Crippen LogP contribution < -0.4 is 0 Å². The summed E-state index contributed by atoms with van der Waals surface area (Å²) in [6, 6.07) is 15.0. The predicted molar refractivity (Wildman–Crippen MR) is 105 cm³/mol. The van der Waals surface area contributed by atoms with E-state index in [0.717, 1.165) is 37.9 Å². The first kappa shape index (κ1) is 15.7. The van der Waals surface area contributed by atoms with Crippen LogP contribution in [-0.4, -0.2) is 21.9 Å². The van der Waals surface area contributed by atoms with Crippen LogP contribution in [-0.2, 0) is 13.0 Å². The summed E-state index contributed by atoms with van der Waals surface area (Å²) in [5.41, 5.74) is 7.52. The molecule has 1 aliphatic carbocycles. The largest absolute Gasteiger partial charge is 0.341 e. The van der Waals surface area contributed by atoms with E-state index in [1.807, 2.05) is 24.3 Å². The normalized spacial score (nSPS) is 18.8. The molecule has 0 saturated carbocycles. The van der Waals surface area contributed by atoms with Gasteiger partial charge in [-0.1, -0.05) is 29.3 Å². The Morgan fingerprint density at radius 2 is 1.77 bits per heavy atom. The van der Waals surface area contributed by atoms with E-state index in [-0.39, 0.29) is 11.9 Å². The van der Waals surface area contributed by atoms with Gasteiger partial charge in [-0.05, 0) is 62.9 Å². The lowest BCUT2D eigenvalue weighted by atomic mass is 9.89. The van der Waals surface area contributed by atoms with Gasteiger partial charge in [0, 0.05) is 35.2 Å². The lowest BCUT2D eigenvalue weighted by molar-refractivity contribution is 0.0601. The zero-order chi connectivity index (χ0) is 17.8. The van der Waals surface area contributed by atoms with E-state index >= 15 is 0 Å². The second kappa shape index (κ2) is 5.73. The monoisotopic (exact) mass is 344 g/mol. The van der Waals surface area contributed by atoms with Crippen LogP contribution in [0.5, 0.6) is 0 Å². The lowest BCUT2D eigenvalue weighted by Crippen LogP contribution is -2.43. The Balaban J connectivity index is 1.61. The molecule has 0 fully saturated rings. The topological polar surface area (TPSA) is 25.2 Å². The van der Waals surface area contributed by atoms with Crippen molar-refractivity contribution in [3.8, 4) is 0 Å². The fourth-order valence-electron chi connectivity index (χ4n) is 4.82. The van der Waals surface area contributed by atoms with Gasteiger partial charge in [0.05, 0.1) is 6.04 Å². The van der Waals surface area contributed by atoms with Crippen molar-refractivity contribution >= 4 is 16.8 Å². The van der Waals surface area contributed by atoms with Gasteiger partial charge < -0.3 is 9.47 Å². The lowest BCUT2D eigenvalue weighted by Gasteiger charge is -2.40. The van der Waals surface area contributed by atoms with Gasteiger partial charge in [-0.2, -0.15) is 0 Å². The number of rotatable bonds is 1. The van der Waals surface area contributed by atoms with Crippen molar-refractivity contribution < 1.29 is 4.79 Å². The summed E-state index contributed by atoms with van der Waals surface area (Å²) in [6.45, 7) is 5.91. The van der Waals surface area contributed by atoms with Gasteiger partial charge in [-0.15, -0.1) is 0 Å². The second-order valence-corrected chi connectivity index (χ2v) is 7.81. The van der Waals surface area contributed by atoms with Gasteiger partial charge in [0.2, 0.25) is 0 Å². The molecule has 0 spiro atoms. The number of hydrogen-bond acceptors (Lipinski definition) is 1. The fourth-order valence-corrected chi connectivity index (χ4v) is 4.82. The molecule has 1 aromatic heterocycles. The van der Waals surface area contributed by atoms with Crippen molar-refractivity contribution in [1.82, 2.24) is 9.47 Å². The number of carbonyl (C=O) groups excluding carboxylic acids is 1. The van der Waals surface area contributed by atoms with Crippen LogP contribution in [0.2, 0.25) is 0 Å². The first-order chi connectivity index (χ1) is 12.6. The minimum Gasteiger partial charge on any atom is -0.341 e. The molecule has 26 heavy (non-hydrogen) atoms. The molecule has 0 N–H and O–H groups in total. The molecule has 1 amide bonds. The Hall–Kier alpha value is -2.55. The van der Waals surface area contributed by atoms with E-state index in [2.05, 4.69) is 41.5 Å². The standard InChI is InChI=1S/C23H24N2O/c1-15-6-9-17(10-7-15)23(26)25-13-12-24-20-11-8-16(2)14-19(20)18-4-3-5-21(25)22(18)24/h6-11,14,21H,3-5,12-13H2,1-2H3/t21-/m1/s1. The van der Waals surface area contributed by atoms with Gasteiger partial charge in [0.15, 0.2) is 0 Å². The highest BCUT2D eigenvalue weighted by molar-refractivity contribution is 5.95. The minimum absolute atomic E-state index is 0.176. The van der Waals surface area contributed by atoms with Gasteiger partial charge in [-0.3, -0.25) is 4.79 Å². The van der Waals surface area contributed by atoms with Crippen molar-refractivity contribution in [1.29, 1.82) is 0 Å². The van der Waals surface area contributed by atoms with Crippen molar-refractivity contribution in [2.45, 2.75) is 45.7 Å². The third-order valence-corrected chi connectivity index (χ3v) is 6.09. The Kier molecular flexibility index (Phi) is 3.46. The molecule has 0 radical (unpaired) electrons. The molecule has 132 valence electrons. The SMILES string of the molecule is Cc1ccc(C(=O)N2CCn3c4c(c5cc(C)ccc53)CCC[C@H]42)cc1. The summed E-state index contributed by atoms with van der Waals surface area (Å²) >= 11 is 0. The van der Waals surface area contributed by atoms with Crippen LogP contribution in [0.3, 0.4) is 0 Å². The number of carbonyl (C=O) groups is 1. The summed E-state index contributed by atoms with van der Waals surface area (Å²) in [6.07, 6.45) is 3.35. The molecule has 1 aliphatic heterocycles. The summed E-state index contributed by atoms with van der Waals surface area (Å²) in [4.78, 5) is 15.3. The number of hydrogen-bond donors (Lipinski definition) is 0. The smallest absolute Gasteiger partial charge is 0.254 e. The molecule has 3 aromatic rings. The molecule has 2 heterocycles. The zero-order valence-corrected chi connectivity index (χ0v) is 15.5. The maximum absolute atomic E-state index is 13.2. The maximum atomic E-state index is 13.2. The quantitative estimate of drug-likeness (QED) is 0.623. The van der Waals surface area contributed by atoms with Gasteiger partial charge in [0.25, 0.3) is 5.91 Å². The maximum Gasteiger partial charge on any atom is 0.254 e. The Morgan fingerprint density at radius 3 is 2.58 bits per heavy atom. The average Bonchev–Trinajstić information content (AvgIpc) is 2.97. The van der Waals surface area contributed by atoms with E-state index in [9.17, 15) is 4.79 Å². The molecular weight excluding hydrogens is 320 g/mol. The first-order valence-electron chi connectivity index (χ1n) is 9.63. The minimum atomic E-state index is 0.176. The molecule has 0 saturated heterocycles. The van der Waals surface area contributed by atoms with Crippen LogP contribution in [0.15, 0.2) is 42.5 Å². The molecule has 2 aromatic carbocycles.